The standard InChI is InChI=1S/C20H25FN6O2/c1-20(2,28)18-16(29-3)9-17-23-11-15(27(17)26-18)14-7-6-13(21)19(25-14)24-12-5-4-8-22-10-12/h6-7,9,11-12,22,28H,4-5,8,10H2,1-3H3,(H,24,25)/t12-/m1/s1. The molecular weight excluding hydrogens is 375 g/mol. The van der Waals surface area contributed by atoms with E-state index in [1.807, 2.05) is 0 Å². The monoisotopic (exact) mass is 400 g/mol. The summed E-state index contributed by atoms with van der Waals surface area (Å²) in [6.45, 7) is 5.03. The van der Waals surface area contributed by atoms with Gasteiger partial charge < -0.3 is 20.5 Å². The summed E-state index contributed by atoms with van der Waals surface area (Å²) in [6.07, 6.45) is 3.63. The Balaban J connectivity index is 1.75. The molecule has 154 valence electrons. The van der Waals surface area contributed by atoms with E-state index in [0.29, 0.717) is 28.5 Å². The fraction of sp³-hybridized carbons (Fsp3) is 0.450. The first-order valence-electron chi connectivity index (χ1n) is 9.66. The van der Waals surface area contributed by atoms with Gasteiger partial charge in [0.05, 0.1) is 19.0 Å². The Kier molecular flexibility index (Phi) is 5.10. The highest BCUT2D eigenvalue weighted by Crippen LogP contribution is 2.30. The van der Waals surface area contributed by atoms with Gasteiger partial charge in [-0.2, -0.15) is 5.10 Å². The summed E-state index contributed by atoms with van der Waals surface area (Å²) in [5.41, 5.74) is 0.836. The average Bonchev–Trinajstić information content (AvgIpc) is 3.12. The van der Waals surface area contributed by atoms with Gasteiger partial charge in [0.1, 0.15) is 22.7 Å². The van der Waals surface area contributed by atoms with Crippen LogP contribution in [0, 0.1) is 5.82 Å². The minimum atomic E-state index is -1.21. The number of halogens is 1. The minimum absolute atomic E-state index is 0.132. The summed E-state index contributed by atoms with van der Waals surface area (Å²) >= 11 is 0. The topological polar surface area (TPSA) is 96.6 Å². The van der Waals surface area contributed by atoms with Crippen molar-refractivity contribution >= 4 is 11.5 Å². The van der Waals surface area contributed by atoms with Gasteiger partial charge in [-0.05, 0) is 45.4 Å². The summed E-state index contributed by atoms with van der Waals surface area (Å²) in [5.74, 6) is 0.253. The Morgan fingerprint density at radius 3 is 2.90 bits per heavy atom. The Hall–Kier alpha value is -2.78. The highest BCUT2D eigenvalue weighted by Gasteiger charge is 2.25. The first-order chi connectivity index (χ1) is 13.9. The summed E-state index contributed by atoms with van der Waals surface area (Å²) in [5, 5.41) is 21.5. The SMILES string of the molecule is COc1cc2ncc(-c3ccc(F)c(N[C@@H]4CCCNC4)n3)n2nc1C(C)(C)O. The van der Waals surface area contributed by atoms with E-state index in [9.17, 15) is 9.50 Å². The number of pyridine rings is 1. The molecule has 1 fully saturated rings. The van der Waals surface area contributed by atoms with Gasteiger partial charge in [-0.25, -0.2) is 18.9 Å². The average molecular weight is 400 g/mol. The molecule has 4 rings (SSSR count). The number of piperidine rings is 1. The molecule has 0 saturated carbocycles. The third kappa shape index (κ3) is 3.88. The molecule has 0 aromatic carbocycles. The number of nitrogens with one attached hydrogen (secondary N) is 2. The zero-order valence-electron chi connectivity index (χ0n) is 16.7. The van der Waals surface area contributed by atoms with Crippen molar-refractivity contribution in [3.05, 3.63) is 35.9 Å². The van der Waals surface area contributed by atoms with Crippen molar-refractivity contribution < 1.29 is 14.2 Å². The summed E-state index contributed by atoms with van der Waals surface area (Å²) in [6, 6.07) is 4.83. The number of ether oxygens (including phenoxy) is 1. The van der Waals surface area contributed by atoms with Gasteiger partial charge in [0, 0.05) is 18.7 Å². The molecule has 1 atom stereocenters. The number of anilines is 1. The maximum atomic E-state index is 14.4. The molecule has 4 heterocycles. The first-order valence-corrected chi connectivity index (χ1v) is 9.66. The van der Waals surface area contributed by atoms with E-state index < -0.39 is 11.4 Å². The number of methoxy groups -OCH3 is 1. The van der Waals surface area contributed by atoms with Crippen molar-refractivity contribution in [1.82, 2.24) is 24.9 Å². The third-order valence-corrected chi connectivity index (χ3v) is 5.00. The van der Waals surface area contributed by atoms with Crippen LogP contribution in [0.15, 0.2) is 24.4 Å². The summed E-state index contributed by atoms with van der Waals surface area (Å²) in [4.78, 5) is 8.85. The van der Waals surface area contributed by atoms with E-state index in [1.54, 1.807) is 36.7 Å². The van der Waals surface area contributed by atoms with Crippen LogP contribution in [0.25, 0.3) is 17.0 Å². The number of aromatic nitrogens is 4. The number of hydrogen-bond donors (Lipinski definition) is 3. The number of imidazole rings is 1. The predicted molar refractivity (Wildman–Crippen MR) is 107 cm³/mol. The van der Waals surface area contributed by atoms with Crippen LogP contribution in [0.2, 0.25) is 0 Å². The fourth-order valence-corrected chi connectivity index (χ4v) is 3.51. The van der Waals surface area contributed by atoms with Crippen molar-refractivity contribution in [2.24, 2.45) is 0 Å². The molecule has 3 N–H and O–H groups in total. The quantitative estimate of drug-likeness (QED) is 0.605. The zero-order valence-corrected chi connectivity index (χ0v) is 16.7. The Bertz CT molecular complexity index is 1020. The van der Waals surface area contributed by atoms with E-state index in [2.05, 4.69) is 25.7 Å². The van der Waals surface area contributed by atoms with Crippen LogP contribution >= 0.6 is 0 Å². The van der Waals surface area contributed by atoms with Crippen LogP contribution in [0.1, 0.15) is 32.4 Å². The normalized spacial score (nSPS) is 17.5. The molecule has 0 bridgehead atoms. The lowest BCUT2D eigenvalue weighted by atomic mass is 10.0. The number of hydrogen-bond acceptors (Lipinski definition) is 7. The molecule has 3 aromatic heterocycles. The van der Waals surface area contributed by atoms with Crippen LogP contribution in [0.5, 0.6) is 5.75 Å². The molecule has 9 heteroatoms. The number of nitrogens with zero attached hydrogens (tertiary/aromatic N) is 4. The lowest BCUT2D eigenvalue weighted by Gasteiger charge is -2.24. The fourth-order valence-electron chi connectivity index (χ4n) is 3.51. The molecule has 0 spiro atoms. The van der Waals surface area contributed by atoms with Crippen LogP contribution in [0.3, 0.4) is 0 Å². The van der Waals surface area contributed by atoms with Crippen LogP contribution < -0.4 is 15.4 Å². The lowest BCUT2D eigenvalue weighted by Crippen LogP contribution is -2.38. The van der Waals surface area contributed by atoms with Gasteiger partial charge in [0.25, 0.3) is 0 Å². The van der Waals surface area contributed by atoms with Gasteiger partial charge in [0.15, 0.2) is 17.3 Å². The maximum Gasteiger partial charge on any atom is 0.165 e. The molecule has 8 nitrogen and oxygen atoms in total. The lowest BCUT2D eigenvalue weighted by molar-refractivity contribution is 0.0694. The zero-order chi connectivity index (χ0) is 20.6. The van der Waals surface area contributed by atoms with Gasteiger partial charge in [-0.1, -0.05) is 0 Å². The Morgan fingerprint density at radius 1 is 1.38 bits per heavy atom. The van der Waals surface area contributed by atoms with Gasteiger partial charge in [0.2, 0.25) is 0 Å². The predicted octanol–water partition coefficient (Wildman–Crippen LogP) is 2.33. The van der Waals surface area contributed by atoms with Crippen molar-refractivity contribution in [2.75, 3.05) is 25.5 Å². The van der Waals surface area contributed by atoms with E-state index in [1.165, 1.54) is 13.2 Å². The highest BCUT2D eigenvalue weighted by atomic mass is 19.1. The first kappa shape index (κ1) is 19.5. The van der Waals surface area contributed by atoms with E-state index in [-0.39, 0.29) is 11.9 Å². The molecule has 29 heavy (non-hydrogen) atoms. The molecule has 0 unspecified atom stereocenters. The van der Waals surface area contributed by atoms with Crippen molar-refractivity contribution in [3.63, 3.8) is 0 Å². The molecule has 1 aliphatic heterocycles. The number of rotatable bonds is 5. The minimum Gasteiger partial charge on any atom is -0.495 e. The second-order valence-electron chi connectivity index (χ2n) is 7.75. The number of aliphatic hydroxyl groups is 1. The van der Waals surface area contributed by atoms with Crippen LogP contribution in [-0.2, 0) is 5.60 Å². The Labute approximate surface area is 168 Å². The third-order valence-electron chi connectivity index (χ3n) is 5.00. The Morgan fingerprint density at radius 2 is 2.21 bits per heavy atom. The molecular formula is C20H25FN6O2. The van der Waals surface area contributed by atoms with Gasteiger partial charge >= 0.3 is 0 Å². The maximum absolute atomic E-state index is 14.4. The smallest absolute Gasteiger partial charge is 0.165 e. The van der Waals surface area contributed by atoms with E-state index >= 15 is 0 Å². The second-order valence-corrected chi connectivity index (χ2v) is 7.75. The van der Waals surface area contributed by atoms with Crippen LogP contribution in [0.4, 0.5) is 10.2 Å². The van der Waals surface area contributed by atoms with Crippen molar-refractivity contribution in [2.45, 2.75) is 38.3 Å². The molecule has 0 aliphatic carbocycles. The molecule has 1 aliphatic rings. The van der Waals surface area contributed by atoms with Crippen molar-refractivity contribution in [3.8, 4) is 17.1 Å². The largest absolute Gasteiger partial charge is 0.495 e. The van der Waals surface area contributed by atoms with Gasteiger partial charge in [-0.3, -0.25) is 0 Å². The highest BCUT2D eigenvalue weighted by molar-refractivity contribution is 5.62. The summed E-state index contributed by atoms with van der Waals surface area (Å²) < 4.78 is 21.3. The van der Waals surface area contributed by atoms with Gasteiger partial charge in [-0.15, -0.1) is 0 Å². The van der Waals surface area contributed by atoms with E-state index in [4.69, 9.17) is 4.74 Å². The summed E-state index contributed by atoms with van der Waals surface area (Å²) in [7, 11) is 1.52. The molecule has 3 aromatic rings. The molecule has 0 amide bonds. The number of fused-ring (bicyclic) bond motifs is 1. The van der Waals surface area contributed by atoms with E-state index in [0.717, 1.165) is 25.9 Å². The second kappa shape index (κ2) is 7.57. The van der Waals surface area contributed by atoms with Crippen LogP contribution in [-0.4, -0.2) is 50.9 Å². The molecule has 1 saturated heterocycles. The van der Waals surface area contributed by atoms with Crippen molar-refractivity contribution in [1.29, 1.82) is 0 Å². The molecule has 0 radical (unpaired) electrons.